The molecule has 29 heavy (non-hydrogen) atoms. The van der Waals surface area contributed by atoms with E-state index in [1.165, 1.54) is 5.56 Å². The van der Waals surface area contributed by atoms with Crippen molar-refractivity contribution in [3.8, 4) is 17.2 Å². The van der Waals surface area contributed by atoms with Crippen LogP contribution in [-0.2, 0) is 13.0 Å². The van der Waals surface area contributed by atoms with Crippen LogP contribution in [0.5, 0.6) is 11.5 Å². The van der Waals surface area contributed by atoms with Gasteiger partial charge in [-0.1, -0.05) is 24.3 Å². The van der Waals surface area contributed by atoms with Crippen LogP contribution in [0.15, 0.2) is 65.8 Å². The number of hydrogen-bond donors (Lipinski definition) is 2. The first-order valence-electron chi connectivity index (χ1n) is 9.25. The summed E-state index contributed by atoms with van der Waals surface area (Å²) < 4.78 is 12.6. The Labute approximate surface area is 187 Å². The molecular formula is C21H24IN5O2. The fourth-order valence-electron chi connectivity index (χ4n) is 3.00. The Morgan fingerprint density at radius 2 is 1.90 bits per heavy atom. The Balaban J connectivity index is 0.00000240. The summed E-state index contributed by atoms with van der Waals surface area (Å²) in [5.74, 6) is 2.37. The van der Waals surface area contributed by atoms with E-state index in [0.717, 1.165) is 41.8 Å². The molecule has 0 saturated heterocycles. The van der Waals surface area contributed by atoms with Gasteiger partial charge >= 0.3 is 0 Å². The normalized spacial score (nSPS) is 12.4. The third-order valence-electron chi connectivity index (χ3n) is 4.47. The Bertz CT molecular complexity index is 959. The van der Waals surface area contributed by atoms with Gasteiger partial charge in [-0.25, -0.2) is 4.68 Å². The maximum atomic E-state index is 5.42. The van der Waals surface area contributed by atoms with Crippen LogP contribution >= 0.6 is 24.0 Å². The first-order valence-corrected chi connectivity index (χ1v) is 9.25. The van der Waals surface area contributed by atoms with Gasteiger partial charge in [-0.15, -0.1) is 24.0 Å². The number of halogens is 1. The molecule has 0 bridgehead atoms. The van der Waals surface area contributed by atoms with Crippen molar-refractivity contribution >= 4 is 29.9 Å². The average molecular weight is 505 g/mol. The molecule has 7 nitrogen and oxygen atoms in total. The van der Waals surface area contributed by atoms with Crippen LogP contribution in [0.4, 0.5) is 0 Å². The lowest BCUT2D eigenvalue weighted by Crippen LogP contribution is -2.37. The van der Waals surface area contributed by atoms with E-state index in [9.17, 15) is 0 Å². The number of hydrogen-bond acceptors (Lipinski definition) is 4. The lowest BCUT2D eigenvalue weighted by Gasteiger charge is -2.11. The van der Waals surface area contributed by atoms with Gasteiger partial charge in [-0.3, -0.25) is 4.99 Å². The smallest absolute Gasteiger partial charge is 0.231 e. The van der Waals surface area contributed by atoms with Crippen molar-refractivity contribution in [2.45, 2.75) is 13.0 Å². The number of fused-ring (bicyclic) bond motifs is 1. The molecule has 152 valence electrons. The second-order valence-electron chi connectivity index (χ2n) is 6.38. The minimum absolute atomic E-state index is 0. The monoisotopic (exact) mass is 505 g/mol. The predicted molar refractivity (Wildman–Crippen MR) is 123 cm³/mol. The zero-order valence-corrected chi connectivity index (χ0v) is 18.5. The second kappa shape index (κ2) is 10.1. The lowest BCUT2D eigenvalue weighted by atomic mass is 10.1. The van der Waals surface area contributed by atoms with Gasteiger partial charge in [0.05, 0.1) is 17.9 Å². The molecule has 8 heteroatoms. The highest BCUT2D eigenvalue weighted by Gasteiger charge is 2.13. The van der Waals surface area contributed by atoms with Gasteiger partial charge in [0.25, 0.3) is 0 Å². The molecule has 2 N–H and O–H groups in total. The van der Waals surface area contributed by atoms with Gasteiger partial charge in [-0.05, 0) is 42.3 Å². The van der Waals surface area contributed by atoms with Gasteiger partial charge in [-0.2, -0.15) is 5.10 Å². The third-order valence-corrected chi connectivity index (χ3v) is 4.47. The highest BCUT2D eigenvalue weighted by molar-refractivity contribution is 14.0. The van der Waals surface area contributed by atoms with Gasteiger partial charge in [0.1, 0.15) is 0 Å². The van der Waals surface area contributed by atoms with Crippen molar-refractivity contribution in [1.82, 2.24) is 20.4 Å². The van der Waals surface area contributed by atoms with E-state index in [1.54, 1.807) is 7.05 Å². The molecule has 3 aromatic rings. The van der Waals surface area contributed by atoms with E-state index >= 15 is 0 Å². The minimum atomic E-state index is 0. The van der Waals surface area contributed by atoms with Crippen LogP contribution in [0.2, 0.25) is 0 Å². The van der Waals surface area contributed by atoms with E-state index in [0.29, 0.717) is 13.3 Å². The molecule has 1 aromatic heterocycles. The molecular weight excluding hydrogens is 481 g/mol. The summed E-state index contributed by atoms with van der Waals surface area (Å²) in [6.07, 6.45) is 2.82. The number of benzene rings is 2. The summed E-state index contributed by atoms with van der Waals surface area (Å²) in [5, 5.41) is 11.2. The zero-order chi connectivity index (χ0) is 19.2. The number of guanidine groups is 1. The fourth-order valence-corrected chi connectivity index (χ4v) is 3.00. The van der Waals surface area contributed by atoms with E-state index < -0.39 is 0 Å². The number of aliphatic imine (C=N–C) groups is 1. The average Bonchev–Trinajstić information content (AvgIpc) is 3.40. The van der Waals surface area contributed by atoms with Crippen LogP contribution < -0.4 is 20.1 Å². The summed E-state index contributed by atoms with van der Waals surface area (Å²) in [6.45, 7) is 1.66. The first-order chi connectivity index (χ1) is 13.8. The van der Waals surface area contributed by atoms with E-state index in [4.69, 9.17) is 9.47 Å². The predicted octanol–water partition coefficient (Wildman–Crippen LogP) is 3.13. The Hall–Kier alpha value is -2.75. The number of nitrogens with one attached hydrogen (secondary N) is 2. The standard InChI is InChI=1S/C21H23N5O2.HI/c1-22-21(23-11-9-16-7-8-19-20(13-16)28-15-27-19)24-14-17-10-12-26(25-17)18-5-3-2-4-6-18;/h2-8,10,12-13H,9,11,14-15H2,1H3,(H2,22,23,24);1H. The highest BCUT2D eigenvalue weighted by Crippen LogP contribution is 2.32. The minimum Gasteiger partial charge on any atom is -0.454 e. The quantitative estimate of drug-likeness (QED) is 0.306. The van der Waals surface area contributed by atoms with Crippen molar-refractivity contribution in [3.63, 3.8) is 0 Å². The molecule has 0 atom stereocenters. The first kappa shape index (κ1) is 21.0. The van der Waals surface area contributed by atoms with Crippen molar-refractivity contribution in [2.75, 3.05) is 20.4 Å². The SMILES string of the molecule is CN=C(NCCc1ccc2c(c1)OCO2)NCc1ccn(-c2ccccc2)n1.I. The maximum Gasteiger partial charge on any atom is 0.231 e. The fraction of sp³-hybridized carbons (Fsp3) is 0.238. The summed E-state index contributed by atoms with van der Waals surface area (Å²) in [6, 6.07) is 18.1. The molecule has 1 aliphatic heterocycles. The van der Waals surface area contributed by atoms with Crippen molar-refractivity contribution in [1.29, 1.82) is 0 Å². The molecule has 0 radical (unpaired) electrons. The van der Waals surface area contributed by atoms with Crippen LogP contribution in [0.25, 0.3) is 5.69 Å². The number of nitrogens with zero attached hydrogens (tertiary/aromatic N) is 3. The molecule has 0 aliphatic carbocycles. The number of aromatic nitrogens is 2. The van der Waals surface area contributed by atoms with Gasteiger partial charge < -0.3 is 20.1 Å². The molecule has 2 aromatic carbocycles. The molecule has 4 rings (SSSR count). The Morgan fingerprint density at radius 3 is 2.72 bits per heavy atom. The van der Waals surface area contributed by atoms with Gasteiger partial charge in [0, 0.05) is 19.8 Å². The highest BCUT2D eigenvalue weighted by atomic mass is 127. The number of para-hydroxylation sites is 1. The summed E-state index contributed by atoms with van der Waals surface area (Å²) in [5.41, 5.74) is 3.18. The summed E-state index contributed by atoms with van der Waals surface area (Å²) in [4.78, 5) is 4.27. The largest absolute Gasteiger partial charge is 0.454 e. The Kier molecular flexibility index (Phi) is 7.34. The topological polar surface area (TPSA) is 72.7 Å². The van der Waals surface area contributed by atoms with Crippen LogP contribution in [0.3, 0.4) is 0 Å². The second-order valence-corrected chi connectivity index (χ2v) is 6.38. The molecule has 0 amide bonds. The summed E-state index contributed by atoms with van der Waals surface area (Å²) in [7, 11) is 1.76. The molecule has 0 unspecified atom stereocenters. The van der Waals surface area contributed by atoms with E-state index in [2.05, 4.69) is 26.8 Å². The molecule has 0 saturated carbocycles. The van der Waals surface area contributed by atoms with Crippen LogP contribution in [0, 0.1) is 0 Å². The molecule has 0 spiro atoms. The summed E-state index contributed by atoms with van der Waals surface area (Å²) >= 11 is 0. The molecule has 0 fully saturated rings. The zero-order valence-electron chi connectivity index (χ0n) is 16.2. The van der Waals surface area contributed by atoms with E-state index in [-0.39, 0.29) is 24.0 Å². The van der Waals surface area contributed by atoms with Crippen LogP contribution in [-0.4, -0.2) is 36.1 Å². The van der Waals surface area contributed by atoms with Gasteiger partial charge in [0.2, 0.25) is 6.79 Å². The molecule has 1 aliphatic rings. The number of rotatable bonds is 6. The van der Waals surface area contributed by atoms with Gasteiger partial charge in [0.15, 0.2) is 17.5 Å². The van der Waals surface area contributed by atoms with Crippen molar-refractivity contribution < 1.29 is 9.47 Å². The van der Waals surface area contributed by atoms with Crippen molar-refractivity contribution in [3.05, 3.63) is 72.1 Å². The third kappa shape index (κ3) is 5.41. The maximum absolute atomic E-state index is 5.42. The van der Waals surface area contributed by atoms with Crippen LogP contribution in [0.1, 0.15) is 11.3 Å². The van der Waals surface area contributed by atoms with E-state index in [1.807, 2.05) is 59.4 Å². The molecule has 2 heterocycles. The Morgan fingerprint density at radius 1 is 1.07 bits per heavy atom. The lowest BCUT2D eigenvalue weighted by molar-refractivity contribution is 0.174. The number of ether oxygens (including phenoxy) is 2. The van der Waals surface area contributed by atoms with Crippen molar-refractivity contribution in [2.24, 2.45) is 4.99 Å².